The maximum Gasteiger partial charge on any atom is 0.0425 e. The van der Waals surface area contributed by atoms with Crippen LogP contribution in [0.4, 0.5) is 0 Å². The van der Waals surface area contributed by atoms with E-state index in [4.69, 9.17) is 4.74 Å². The molecule has 1 rings (SSSR count). The molecule has 24 heavy (non-hydrogen) atoms. The van der Waals surface area contributed by atoms with Gasteiger partial charge >= 0.3 is 0 Å². The Balaban J connectivity index is 0. The second-order valence-corrected chi connectivity index (χ2v) is 9.92. The van der Waals surface area contributed by atoms with Gasteiger partial charge in [-0.05, 0) is 50.9 Å². The van der Waals surface area contributed by atoms with Crippen molar-refractivity contribution < 1.29 is 21.7 Å². The first-order chi connectivity index (χ1) is 11.2. The molecule has 0 spiro atoms. The van der Waals surface area contributed by atoms with Crippen molar-refractivity contribution in [2.24, 2.45) is 4.74 Å². The summed E-state index contributed by atoms with van der Waals surface area (Å²) in [6, 6.07) is 0. The van der Waals surface area contributed by atoms with Gasteiger partial charge in [-0.2, -0.15) is 0 Å². The molecule has 0 fully saturated rings. The zero-order valence-corrected chi connectivity index (χ0v) is 18.7. The van der Waals surface area contributed by atoms with E-state index in [1.165, 1.54) is 62.7 Å². The molecule has 0 aromatic heterocycles. The topological polar surface area (TPSA) is 12.4 Å². The summed E-state index contributed by atoms with van der Waals surface area (Å²) < 4.78 is 5.33. The van der Waals surface area contributed by atoms with Crippen LogP contribution in [0.25, 0.3) is 0 Å². The number of nitrogens with zero attached hydrogens (tertiary/aromatic N) is 1. The molecule has 136 valence electrons. The van der Waals surface area contributed by atoms with Crippen LogP contribution in [0.2, 0.25) is 0 Å². The van der Waals surface area contributed by atoms with Gasteiger partial charge < -0.3 is 0 Å². The fraction of sp³-hybridized carbons (Fsp3) is 0.619. The van der Waals surface area contributed by atoms with Crippen molar-refractivity contribution in [3.63, 3.8) is 0 Å². The molecule has 0 bridgehead atoms. The normalized spacial score (nSPS) is 12.5. The Hall–Kier alpha value is -0.0957. The van der Waals surface area contributed by atoms with Crippen molar-refractivity contribution in [1.82, 2.24) is 0 Å². The Morgan fingerprint density at radius 3 is 1.71 bits per heavy atom. The van der Waals surface area contributed by atoms with E-state index in [0.717, 1.165) is 6.42 Å². The fourth-order valence-corrected chi connectivity index (χ4v) is 7.00. The maximum absolute atomic E-state index is 5.33. The van der Waals surface area contributed by atoms with Crippen LogP contribution < -0.4 is 0 Å². The third-order valence-corrected chi connectivity index (χ3v) is 8.17. The summed E-state index contributed by atoms with van der Waals surface area (Å²) in [6.45, 7) is 13.7. The van der Waals surface area contributed by atoms with Gasteiger partial charge in [0.05, 0.1) is 0 Å². The standard InChI is InChI=1S/C17H32NP.C4H6.Ti/c1-4-7-14-19(15-8-5-2,16-9-6-3)18-17-12-10-11-13-17;1-3-4-2;/h10-12H,4-9,13-16H2,1-3H3;3-4H,1-2H2;. The van der Waals surface area contributed by atoms with Crippen LogP contribution in [0.3, 0.4) is 0 Å². The van der Waals surface area contributed by atoms with Crippen molar-refractivity contribution in [2.75, 3.05) is 18.5 Å². The van der Waals surface area contributed by atoms with Gasteiger partial charge in [0, 0.05) is 33.8 Å². The molecule has 0 aromatic rings. The van der Waals surface area contributed by atoms with E-state index in [2.05, 4.69) is 52.2 Å². The Morgan fingerprint density at radius 1 is 0.958 bits per heavy atom. The third kappa shape index (κ3) is 12.3. The fourth-order valence-electron chi connectivity index (χ4n) is 2.63. The minimum Gasteiger partial charge on any atom is -0.272 e. The predicted molar refractivity (Wildman–Crippen MR) is 111 cm³/mol. The molecule has 0 amide bonds. The Kier molecular flexibility index (Phi) is 19.3. The predicted octanol–water partition coefficient (Wildman–Crippen LogP) is 7.79. The minimum absolute atomic E-state index is 0. The monoisotopic (exact) mass is 383 g/mol. The maximum atomic E-state index is 5.33. The van der Waals surface area contributed by atoms with Crippen LogP contribution >= 0.6 is 7.05 Å². The van der Waals surface area contributed by atoms with E-state index in [1.54, 1.807) is 12.2 Å². The van der Waals surface area contributed by atoms with E-state index in [0.29, 0.717) is 0 Å². The first-order valence-electron chi connectivity index (χ1n) is 9.36. The molecule has 0 saturated carbocycles. The molecule has 0 radical (unpaired) electrons. The van der Waals surface area contributed by atoms with Gasteiger partial charge in [-0.25, -0.2) is 0 Å². The Labute approximate surface area is 166 Å². The van der Waals surface area contributed by atoms with Gasteiger partial charge in [0.15, 0.2) is 0 Å². The number of hydrogen-bond donors (Lipinski definition) is 0. The van der Waals surface area contributed by atoms with Crippen molar-refractivity contribution in [3.05, 3.63) is 49.2 Å². The molecule has 0 saturated heterocycles. The number of hydrogen-bond acceptors (Lipinski definition) is 1. The molecular weight excluding hydrogens is 345 g/mol. The molecule has 1 aliphatic rings. The van der Waals surface area contributed by atoms with E-state index in [9.17, 15) is 0 Å². The quantitative estimate of drug-likeness (QED) is 0.196. The first-order valence-corrected chi connectivity index (χ1v) is 11.7. The summed E-state index contributed by atoms with van der Waals surface area (Å²) in [5.74, 6) is 0. The molecule has 0 aliphatic heterocycles. The van der Waals surface area contributed by atoms with Crippen LogP contribution in [0.1, 0.15) is 65.7 Å². The van der Waals surface area contributed by atoms with Crippen LogP contribution in [-0.4, -0.2) is 18.5 Å². The molecule has 0 heterocycles. The van der Waals surface area contributed by atoms with E-state index in [1.807, 2.05) is 0 Å². The average Bonchev–Trinajstić information content (AvgIpc) is 3.09. The minimum atomic E-state index is -1.08. The van der Waals surface area contributed by atoms with Crippen LogP contribution in [0, 0.1) is 0 Å². The molecule has 0 atom stereocenters. The second kappa shape index (κ2) is 17.7. The molecule has 1 aliphatic carbocycles. The van der Waals surface area contributed by atoms with Crippen LogP contribution in [0.5, 0.6) is 0 Å². The zero-order chi connectivity index (χ0) is 17.4. The van der Waals surface area contributed by atoms with Gasteiger partial charge in [0.25, 0.3) is 0 Å². The van der Waals surface area contributed by atoms with Gasteiger partial charge in [0.2, 0.25) is 0 Å². The van der Waals surface area contributed by atoms with E-state index < -0.39 is 7.05 Å². The average molecular weight is 383 g/mol. The first kappa shape index (κ1) is 26.1. The van der Waals surface area contributed by atoms with E-state index in [-0.39, 0.29) is 21.7 Å². The molecule has 0 aromatic carbocycles. The molecule has 3 heteroatoms. The smallest absolute Gasteiger partial charge is 0.0425 e. The summed E-state index contributed by atoms with van der Waals surface area (Å²) >= 11 is 0. The summed E-state index contributed by atoms with van der Waals surface area (Å²) in [4.78, 5) is 0. The zero-order valence-electron chi connectivity index (χ0n) is 16.3. The van der Waals surface area contributed by atoms with Gasteiger partial charge in [-0.3, -0.25) is 4.74 Å². The van der Waals surface area contributed by atoms with Crippen molar-refractivity contribution in [1.29, 1.82) is 0 Å². The van der Waals surface area contributed by atoms with E-state index >= 15 is 0 Å². The van der Waals surface area contributed by atoms with Gasteiger partial charge in [-0.1, -0.05) is 77.5 Å². The second-order valence-electron chi connectivity index (χ2n) is 6.19. The largest absolute Gasteiger partial charge is 0.272 e. The molecular formula is C21H38NPTi. The van der Waals surface area contributed by atoms with Crippen LogP contribution in [0.15, 0.2) is 54.0 Å². The number of allylic oxidation sites excluding steroid dienone is 5. The summed E-state index contributed by atoms with van der Waals surface area (Å²) in [5, 5.41) is 0. The van der Waals surface area contributed by atoms with Crippen LogP contribution in [-0.2, 0) is 21.7 Å². The summed E-state index contributed by atoms with van der Waals surface area (Å²) in [7, 11) is -1.08. The number of unbranched alkanes of at least 4 members (excludes halogenated alkanes) is 3. The van der Waals surface area contributed by atoms with Crippen molar-refractivity contribution >= 4 is 7.05 Å². The third-order valence-electron chi connectivity index (χ3n) is 4.04. The summed E-state index contributed by atoms with van der Waals surface area (Å²) in [6.07, 6.45) is 23.2. The Bertz CT molecular complexity index is 401. The number of rotatable bonds is 11. The van der Waals surface area contributed by atoms with Gasteiger partial charge in [0.1, 0.15) is 0 Å². The molecule has 1 nitrogen and oxygen atoms in total. The van der Waals surface area contributed by atoms with Gasteiger partial charge in [-0.15, -0.1) is 0 Å². The molecule has 0 unspecified atom stereocenters. The molecule has 0 N–H and O–H groups in total. The Morgan fingerprint density at radius 2 is 1.42 bits per heavy atom. The van der Waals surface area contributed by atoms with Crippen molar-refractivity contribution in [3.8, 4) is 0 Å². The van der Waals surface area contributed by atoms with Crippen molar-refractivity contribution in [2.45, 2.75) is 65.7 Å². The summed E-state index contributed by atoms with van der Waals surface area (Å²) in [5.41, 5.74) is 1.36. The SMILES string of the molecule is C=CC=C.CCCCP(CCCC)(CCCC)=NC1=CC=CC1.[Ti].